The van der Waals surface area contributed by atoms with E-state index in [1.165, 1.54) is 7.11 Å². The fourth-order valence-corrected chi connectivity index (χ4v) is 3.63. The van der Waals surface area contributed by atoms with E-state index in [1.807, 2.05) is 35.2 Å². The second-order valence-corrected chi connectivity index (χ2v) is 6.68. The zero-order valence-corrected chi connectivity index (χ0v) is 15.1. The van der Waals surface area contributed by atoms with Gasteiger partial charge in [0, 0.05) is 25.6 Å². The van der Waals surface area contributed by atoms with Crippen molar-refractivity contribution in [2.45, 2.75) is 12.3 Å². The van der Waals surface area contributed by atoms with E-state index in [9.17, 15) is 14.3 Å². The fraction of sp³-hybridized carbons (Fsp3) is 0.368. The number of carbonyl (C=O) groups is 1. The number of methoxy groups -OCH3 is 1. The molecule has 5 nitrogen and oxygen atoms in total. The van der Waals surface area contributed by atoms with Crippen LogP contribution in [0, 0.1) is 11.7 Å². The first kappa shape index (κ1) is 18.6. The van der Waals surface area contributed by atoms with Crippen molar-refractivity contribution in [3.05, 3.63) is 58.5 Å². The molecule has 0 saturated carbocycles. The summed E-state index contributed by atoms with van der Waals surface area (Å²) in [7, 11) is 1.20. The molecule has 138 valence electrons. The average molecular weight is 379 g/mol. The summed E-state index contributed by atoms with van der Waals surface area (Å²) in [6.07, 6.45) is 0.702. The topological polar surface area (TPSA) is 62.7 Å². The number of halogens is 2. The van der Waals surface area contributed by atoms with Gasteiger partial charge in [-0.15, -0.1) is 0 Å². The van der Waals surface area contributed by atoms with Crippen molar-refractivity contribution in [1.82, 2.24) is 4.98 Å². The van der Waals surface area contributed by atoms with Crippen molar-refractivity contribution < 1.29 is 19.0 Å². The van der Waals surface area contributed by atoms with E-state index in [1.54, 1.807) is 0 Å². The van der Waals surface area contributed by atoms with Crippen LogP contribution in [0.2, 0.25) is 5.15 Å². The molecule has 1 saturated heterocycles. The number of rotatable bonds is 4. The molecule has 3 rings (SSSR count). The molecule has 2 heterocycles. The second-order valence-electron chi connectivity index (χ2n) is 6.32. The van der Waals surface area contributed by atoms with E-state index >= 15 is 0 Å². The Labute approximate surface area is 156 Å². The zero-order valence-electron chi connectivity index (χ0n) is 14.4. The maximum absolute atomic E-state index is 14.6. The first-order valence-electron chi connectivity index (χ1n) is 8.40. The lowest BCUT2D eigenvalue weighted by Gasteiger charge is -2.39. The van der Waals surface area contributed by atoms with E-state index in [-0.39, 0.29) is 35.0 Å². The number of piperidine rings is 1. The maximum Gasteiger partial charge on any atom is 0.341 e. The van der Waals surface area contributed by atoms with Gasteiger partial charge < -0.3 is 14.7 Å². The molecule has 0 aliphatic carbocycles. The minimum absolute atomic E-state index is 0.0511. The minimum atomic E-state index is -0.728. The van der Waals surface area contributed by atoms with Crippen LogP contribution in [0.3, 0.4) is 0 Å². The van der Waals surface area contributed by atoms with Crippen molar-refractivity contribution in [3.63, 3.8) is 0 Å². The first-order chi connectivity index (χ1) is 12.5. The summed E-state index contributed by atoms with van der Waals surface area (Å²) in [6.45, 7) is 1.13. The summed E-state index contributed by atoms with van der Waals surface area (Å²) in [5.41, 5.74) is 0.995. The van der Waals surface area contributed by atoms with Gasteiger partial charge in [-0.1, -0.05) is 41.9 Å². The number of aliphatic hydroxyl groups is 1. The van der Waals surface area contributed by atoms with E-state index in [0.717, 1.165) is 11.6 Å². The molecule has 2 aromatic rings. The van der Waals surface area contributed by atoms with Crippen LogP contribution in [0.5, 0.6) is 0 Å². The van der Waals surface area contributed by atoms with E-state index < -0.39 is 11.8 Å². The lowest BCUT2D eigenvalue weighted by molar-refractivity contribution is 0.0600. The van der Waals surface area contributed by atoms with Crippen LogP contribution in [0.25, 0.3) is 0 Å². The molecule has 1 fully saturated rings. The van der Waals surface area contributed by atoms with Crippen molar-refractivity contribution in [3.8, 4) is 0 Å². The van der Waals surface area contributed by atoms with Crippen LogP contribution >= 0.6 is 11.6 Å². The average Bonchev–Trinajstić information content (AvgIpc) is 2.69. The number of aromatic nitrogens is 1. The monoisotopic (exact) mass is 378 g/mol. The van der Waals surface area contributed by atoms with Crippen LogP contribution < -0.4 is 4.90 Å². The van der Waals surface area contributed by atoms with Crippen LogP contribution in [0.1, 0.15) is 28.3 Å². The molecule has 1 aliphatic rings. The Morgan fingerprint density at radius 1 is 1.42 bits per heavy atom. The Balaban J connectivity index is 1.90. The van der Waals surface area contributed by atoms with Crippen LogP contribution in [0.4, 0.5) is 10.2 Å². The van der Waals surface area contributed by atoms with Gasteiger partial charge in [-0.2, -0.15) is 0 Å². The molecule has 0 unspecified atom stereocenters. The van der Waals surface area contributed by atoms with Crippen LogP contribution in [-0.4, -0.2) is 42.9 Å². The van der Waals surface area contributed by atoms with Crippen LogP contribution in [0.15, 0.2) is 36.4 Å². The quantitative estimate of drug-likeness (QED) is 0.653. The Kier molecular flexibility index (Phi) is 5.74. The number of hydrogen-bond donors (Lipinski definition) is 1. The Morgan fingerprint density at radius 2 is 2.15 bits per heavy atom. The molecule has 0 amide bonds. The molecule has 1 aliphatic heterocycles. The molecule has 26 heavy (non-hydrogen) atoms. The van der Waals surface area contributed by atoms with Gasteiger partial charge in [0.1, 0.15) is 10.7 Å². The van der Waals surface area contributed by atoms with Gasteiger partial charge in [-0.05, 0) is 24.0 Å². The number of benzene rings is 1. The SMILES string of the molecule is COC(=O)c1cc(F)c(N2CC[C@@H](CO)[C@H](c3ccccc3)C2)nc1Cl. The zero-order chi connectivity index (χ0) is 18.7. The number of aliphatic hydroxyl groups excluding tert-OH is 1. The van der Waals surface area contributed by atoms with Crippen LogP contribution in [-0.2, 0) is 4.74 Å². The molecular weight excluding hydrogens is 359 g/mol. The Hall–Kier alpha value is -2.18. The lowest BCUT2D eigenvalue weighted by Crippen LogP contribution is -2.41. The standard InChI is InChI=1S/C19H20ClFN2O3/c1-26-19(25)14-9-16(21)18(22-17(14)20)23-8-7-13(11-24)15(10-23)12-5-3-2-4-6-12/h2-6,9,13,15,24H,7-8,10-11H2,1H3/t13-,15-/m0/s1. The number of esters is 1. The first-order valence-corrected chi connectivity index (χ1v) is 8.78. The highest BCUT2D eigenvalue weighted by Crippen LogP contribution is 2.35. The van der Waals surface area contributed by atoms with E-state index in [2.05, 4.69) is 9.72 Å². The lowest BCUT2D eigenvalue weighted by atomic mass is 9.81. The summed E-state index contributed by atoms with van der Waals surface area (Å²) in [6, 6.07) is 10.9. The Bertz CT molecular complexity index is 788. The highest BCUT2D eigenvalue weighted by Gasteiger charge is 2.32. The largest absolute Gasteiger partial charge is 0.465 e. The third kappa shape index (κ3) is 3.66. The van der Waals surface area contributed by atoms with Gasteiger partial charge in [0.2, 0.25) is 0 Å². The Morgan fingerprint density at radius 3 is 2.81 bits per heavy atom. The number of anilines is 1. The van der Waals surface area contributed by atoms with Crippen molar-refractivity contribution >= 4 is 23.4 Å². The van der Waals surface area contributed by atoms with E-state index in [0.29, 0.717) is 19.5 Å². The highest BCUT2D eigenvalue weighted by atomic mass is 35.5. The predicted octanol–water partition coefficient (Wildman–Crippen LogP) is 3.26. The summed E-state index contributed by atoms with van der Waals surface area (Å²) < 4.78 is 19.2. The third-order valence-corrected chi connectivity index (χ3v) is 5.12. The minimum Gasteiger partial charge on any atom is -0.465 e. The van der Waals surface area contributed by atoms with Crippen molar-refractivity contribution in [2.24, 2.45) is 5.92 Å². The molecule has 0 bridgehead atoms. The normalized spacial score (nSPS) is 20.1. The highest BCUT2D eigenvalue weighted by molar-refractivity contribution is 6.32. The molecular formula is C19H20ClFN2O3. The van der Waals surface area contributed by atoms with Gasteiger partial charge in [-0.3, -0.25) is 0 Å². The van der Waals surface area contributed by atoms with Gasteiger partial charge >= 0.3 is 5.97 Å². The van der Waals surface area contributed by atoms with Crippen molar-refractivity contribution in [1.29, 1.82) is 0 Å². The molecule has 0 spiro atoms. The summed E-state index contributed by atoms with van der Waals surface area (Å²) in [4.78, 5) is 17.5. The van der Waals surface area contributed by atoms with Gasteiger partial charge in [0.25, 0.3) is 0 Å². The summed E-state index contributed by atoms with van der Waals surface area (Å²) in [5, 5.41) is 9.63. The third-order valence-electron chi connectivity index (χ3n) is 4.83. The number of pyridine rings is 1. The van der Waals surface area contributed by atoms with Gasteiger partial charge in [0.15, 0.2) is 11.6 Å². The molecule has 1 aromatic heterocycles. The summed E-state index contributed by atoms with van der Waals surface area (Å²) >= 11 is 6.06. The molecule has 0 radical (unpaired) electrons. The number of nitrogens with zero attached hydrogens (tertiary/aromatic N) is 2. The molecule has 2 atom stereocenters. The fourth-order valence-electron chi connectivity index (χ4n) is 3.42. The van der Waals surface area contributed by atoms with E-state index in [4.69, 9.17) is 11.6 Å². The number of hydrogen-bond acceptors (Lipinski definition) is 5. The maximum atomic E-state index is 14.6. The number of ether oxygens (including phenoxy) is 1. The second kappa shape index (κ2) is 8.01. The molecule has 1 N–H and O–H groups in total. The molecule has 7 heteroatoms. The number of carbonyl (C=O) groups excluding carboxylic acids is 1. The predicted molar refractivity (Wildman–Crippen MR) is 97.1 cm³/mol. The van der Waals surface area contributed by atoms with Crippen molar-refractivity contribution in [2.75, 3.05) is 31.7 Å². The smallest absolute Gasteiger partial charge is 0.341 e. The van der Waals surface area contributed by atoms with Gasteiger partial charge in [0.05, 0.1) is 7.11 Å². The van der Waals surface area contributed by atoms with Gasteiger partial charge in [-0.25, -0.2) is 14.2 Å². The molecule has 1 aromatic carbocycles. The summed E-state index contributed by atoms with van der Waals surface area (Å²) in [5.74, 6) is -1.09.